The number of hydrogen-bond acceptors (Lipinski definition) is 3. The fourth-order valence-corrected chi connectivity index (χ4v) is 2.62. The van der Waals surface area contributed by atoms with Crippen molar-refractivity contribution < 1.29 is 4.79 Å². The molecule has 1 saturated heterocycles. The van der Waals surface area contributed by atoms with Gasteiger partial charge in [-0.05, 0) is 45.2 Å². The van der Waals surface area contributed by atoms with E-state index >= 15 is 0 Å². The Labute approximate surface area is 122 Å². The van der Waals surface area contributed by atoms with Crippen LogP contribution in [0.15, 0.2) is 0 Å². The van der Waals surface area contributed by atoms with Crippen molar-refractivity contribution in [1.29, 1.82) is 0 Å². The summed E-state index contributed by atoms with van der Waals surface area (Å²) < 4.78 is 0. The highest BCUT2D eigenvalue weighted by atomic mass is 32.1. The van der Waals surface area contributed by atoms with E-state index < -0.39 is 5.41 Å². The molecule has 0 aromatic heterocycles. The highest BCUT2D eigenvalue weighted by molar-refractivity contribution is 7.80. The van der Waals surface area contributed by atoms with Crippen LogP contribution in [0.5, 0.6) is 0 Å². The topological polar surface area (TPSA) is 58.4 Å². The lowest BCUT2D eigenvalue weighted by Gasteiger charge is -2.27. The molecule has 0 bridgehead atoms. The van der Waals surface area contributed by atoms with Crippen molar-refractivity contribution in [3.63, 3.8) is 0 Å². The molecule has 1 rings (SSSR count). The van der Waals surface area contributed by atoms with E-state index in [1.807, 2.05) is 13.8 Å². The van der Waals surface area contributed by atoms with E-state index in [0.717, 1.165) is 6.54 Å². The number of nitrogens with two attached hydrogens (primary N) is 1. The van der Waals surface area contributed by atoms with Gasteiger partial charge in [-0.3, -0.25) is 4.79 Å². The molecular weight excluding hydrogens is 258 g/mol. The third kappa shape index (κ3) is 4.42. The van der Waals surface area contributed by atoms with E-state index in [9.17, 15) is 4.79 Å². The van der Waals surface area contributed by atoms with Gasteiger partial charge in [-0.1, -0.05) is 26.1 Å². The van der Waals surface area contributed by atoms with Crippen molar-refractivity contribution in [3.8, 4) is 0 Å². The van der Waals surface area contributed by atoms with Crippen LogP contribution < -0.4 is 11.1 Å². The Morgan fingerprint density at radius 2 is 2.05 bits per heavy atom. The molecule has 4 nitrogen and oxygen atoms in total. The standard InChI is InChI=1S/C14H27N3OS/c1-4-14(3,12(15)19)13(18)16-9-11(2)10-17-7-5-6-8-17/h11H,4-10H2,1-3H3,(H2,15,19)(H,16,18). The van der Waals surface area contributed by atoms with E-state index in [-0.39, 0.29) is 10.9 Å². The summed E-state index contributed by atoms with van der Waals surface area (Å²) in [5.41, 5.74) is 4.96. The summed E-state index contributed by atoms with van der Waals surface area (Å²) in [6, 6.07) is 0. The Hall–Kier alpha value is -0.680. The predicted molar refractivity (Wildman–Crippen MR) is 83.0 cm³/mol. The molecule has 0 saturated carbocycles. The van der Waals surface area contributed by atoms with Gasteiger partial charge in [-0.15, -0.1) is 0 Å². The summed E-state index contributed by atoms with van der Waals surface area (Å²) in [6.45, 7) is 10.0. The molecule has 110 valence electrons. The summed E-state index contributed by atoms with van der Waals surface area (Å²) in [6.07, 6.45) is 3.23. The smallest absolute Gasteiger partial charge is 0.232 e. The Morgan fingerprint density at radius 3 is 2.53 bits per heavy atom. The zero-order chi connectivity index (χ0) is 14.5. The zero-order valence-corrected chi connectivity index (χ0v) is 13.2. The van der Waals surface area contributed by atoms with Gasteiger partial charge in [0.2, 0.25) is 5.91 Å². The number of likely N-dealkylation sites (tertiary alicyclic amines) is 1. The van der Waals surface area contributed by atoms with Gasteiger partial charge in [-0.2, -0.15) is 0 Å². The maximum absolute atomic E-state index is 12.2. The number of thiocarbonyl (C=S) groups is 1. The summed E-state index contributed by atoms with van der Waals surface area (Å²) >= 11 is 5.01. The molecule has 0 aliphatic carbocycles. The average molecular weight is 285 g/mol. The molecule has 1 aliphatic heterocycles. The first-order chi connectivity index (χ1) is 8.90. The van der Waals surface area contributed by atoms with E-state index in [1.165, 1.54) is 25.9 Å². The zero-order valence-electron chi connectivity index (χ0n) is 12.4. The molecule has 1 aliphatic rings. The first kappa shape index (κ1) is 16.4. The molecule has 2 atom stereocenters. The molecule has 1 amide bonds. The third-order valence-electron chi connectivity index (χ3n) is 4.13. The molecule has 3 N–H and O–H groups in total. The Kier molecular flexibility index (Phi) is 6.20. The summed E-state index contributed by atoms with van der Waals surface area (Å²) in [5, 5.41) is 3.00. The molecule has 1 fully saturated rings. The van der Waals surface area contributed by atoms with Crippen molar-refractivity contribution in [3.05, 3.63) is 0 Å². The highest BCUT2D eigenvalue weighted by Crippen LogP contribution is 2.21. The maximum atomic E-state index is 12.2. The minimum atomic E-state index is -0.720. The van der Waals surface area contributed by atoms with Crippen LogP contribution in [0.4, 0.5) is 0 Å². The first-order valence-electron chi connectivity index (χ1n) is 7.20. The van der Waals surface area contributed by atoms with Crippen LogP contribution in [-0.2, 0) is 4.79 Å². The van der Waals surface area contributed by atoms with Crippen LogP contribution in [0.3, 0.4) is 0 Å². The highest BCUT2D eigenvalue weighted by Gasteiger charge is 2.34. The molecule has 1 heterocycles. The second-order valence-corrected chi connectivity index (χ2v) is 6.31. The van der Waals surface area contributed by atoms with Crippen molar-refractivity contribution in [2.24, 2.45) is 17.1 Å². The van der Waals surface area contributed by atoms with Gasteiger partial charge in [0.05, 0.1) is 10.4 Å². The van der Waals surface area contributed by atoms with Gasteiger partial charge < -0.3 is 16.0 Å². The molecule has 0 aromatic rings. The van der Waals surface area contributed by atoms with Crippen molar-refractivity contribution in [2.75, 3.05) is 26.2 Å². The number of nitrogens with one attached hydrogen (secondary N) is 1. The summed E-state index contributed by atoms with van der Waals surface area (Å²) in [4.78, 5) is 14.9. The fourth-order valence-electron chi connectivity index (χ4n) is 2.38. The third-order valence-corrected chi connectivity index (χ3v) is 4.58. The molecule has 19 heavy (non-hydrogen) atoms. The number of amides is 1. The molecule has 0 spiro atoms. The molecular formula is C14H27N3OS. The largest absolute Gasteiger partial charge is 0.392 e. The van der Waals surface area contributed by atoms with Crippen molar-refractivity contribution in [2.45, 2.75) is 40.0 Å². The SMILES string of the molecule is CCC(C)(C(=O)NCC(C)CN1CCCC1)C(N)=S. The normalized spacial score (nSPS) is 20.8. The van der Waals surface area contributed by atoms with Gasteiger partial charge >= 0.3 is 0 Å². The molecule has 2 unspecified atom stereocenters. The maximum Gasteiger partial charge on any atom is 0.232 e. The Morgan fingerprint density at radius 1 is 1.47 bits per heavy atom. The van der Waals surface area contributed by atoms with E-state index in [1.54, 1.807) is 0 Å². The van der Waals surface area contributed by atoms with Gasteiger partial charge in [-0.25, -0.2) is 0 Å². The van der Waals surface area contributed by atoms with Crippen molar-refractivity contribution >= 4 is 23.1 Å². The summed E-state index contributed by atoms with van der Waals surface area (Å²) in [7, 11) is 0. The summed E-state index contributed by atoms with van der Waals surface area (Å²) in [5.74, 6) is 0.408. The minimum absolute atomic E-state index is 0.0456. The van der Waals surface area contributed by atoms with E-state index in [4.69, 9.17) is 18.0 Å². The second kappa shape index (κ2) is 7.20. The lowest BCUT2D eigenvalue weighted by atomic mass is 9.86. The van der Waals surface area contributed by atoms with Gasteiger partial charge in [0.15, 0.2) is 0 Å². The van der Waals surface area contributed by atoms with Gasteiger partial charge in [0.1, 0.15) is 0 Å². The Bertz CT molecular complexity index is 329. The average Bonchev–Trinajstić information content (AvgIpc) is 2.87. The lowest BCUT2D eigenvalue weighted by Crippen LogP contribution is -2.48. The van der Waals surface area contributed by atoms with Gasteiger partial charge in [0.25, 0.3) is 0 Å². The number of carbonyl (C=O) groups excluding carboxylic acids is 1. The van der Waals surface area contributed by atoms with Crippen molar-refractivity contribution in [1.82, 2.24) is 10.2 Å². The van der Waals surface area contributed by atoms with Crippen LogP contribution in [0.25, 0.3) is 0 Å². The monoisotopic (exact) mass is 285 g/mol. The number of hydrogen-bond donors (Lipinski definition) is 2. The Balaban J connectivity index is 2.38. The van der Waals surface area contributed by atoms with Crippen LogP contribution in [-0.4, -0.2) is 42.0 Å². The lowest BCUT2D eigenvalue weighted by molar-refractivity contribution is -0.127. The molecule has 0 radical (unpaired) electrons. The number of nitrogens with zero attached hydrogens (tertiary/aromatic N) is 1. The van der Waals surface area contributed by atoms with Crippen LogP contribution in [0, 0.1) is 11.3 Å². The van der Waals surface area contributed by atoms with Gasteiger partial charge in [0, 0.05) is 13.1 Å². The number of rotatable bonds is 7. The molecule has 0 aromatic carbocycles. The quantitative estimate of drug-likeness (QED) is 0.697. The second-order valence-electron chi connectivity index (χ2n) is 5.87. The van der Waals surface area contributed by atoms with E-state index in [2.05, 4.69) is 17.1 Å². The van der Waals surface area contributed by atoms with E-state index in [0.29, 0.717) is 18.9 Å². The van der Waals surface area contributed by atoms with Crippen LogP contribution in [0.1, 0.15) is 40.0 Å². The molecule has 5 heteroatoms. The minimum Gasteiger partial charge on any atom is -0.392 e. The predicted octanol–water partition coefficient (Wildman–Crippen LogP) is 1.54. The first-order valence-corrected chi connectivity index (χ1v) is 7.61. The number of carbonyl (C=O) groups is 1. The van der Waals surface area contributed by atoms with Crippen LogP contribution in [0.2, 0.25) is 0 Å². The van der Waals surface area contributed by atoms with Crippen LogP contribution >= 0.6 is 12.2 Å². The fraction of sp³-hybridized carbons (Fsp3) is 0.857.